The summed E-state index contributed by atoms with van der Waals surface area (Å²) < 4.78 is 31.3. The van der Waals surface area contributed by atoms with Gasteiger partial charge in [-0.25, -0.2) is 8.42 Å². The first kappa shape index (κ1) is 13.0. The minimum Gasteiger partial charge on any atom is -0.277 e. The fourth-order valence-corrected chi connectivity index (χ4v) is 3.82. The highest BCUT2D eigenvalue weighted by Gasteiger charge is 2.18. The molecule has 0 bridgehead atoms. The Morgan fingerprint density at radius 3 is 2.80 bits per heavy atom. The molecule has 1 N–H and O–H groups in total. The van der Waals surface area contributed by atoms with E-state index in [0.717, 1.165) is 11.1 Å². The molecule has 0 unspecified atom stereocenters. The van der Waals surface area contributed by atoms with Crippen LogP contribution in [0.5, 0.6) is 0 Å². The summed E-state index contributed by atoms with van der Waals surface area (Å²) in [6, 6.07) is 6.88. The Morgan fingerprint density at radius 1 is 1.20 bits per heavy atom. The van der Waals surface area contributed by atoms with E-state index in [-0.39, 0.29) is 4.90 Å². The van der Waals surface area contributed by atoms with E-state index in [1.54, 1.807) is 29.8 Å². The van der Waals surface area contributed by atoms with Crippen LogP contribution >= 0.6 is 11.5 Å². The minimum absolute atomic E-state index is 0.242. The molecular weight excluding hydrogens is 294 g/mol. The number of pyridine rings is 1. The molecule has 102 valence electrons. The Labute approximate surface area is 120 Å². The maximum absolute atomic E-state index is 12.5. The van der Waals surface area contributed by atoms with Gasteiger partial charge in [-0.3, -0.25) is 9.71 Å². The fourth-order valence-electron chi connectivity index (χ4n) is 2.02. The molecule has 0 aliphatic carbocycles. The predicted octanol–water partition coefficient (Wildman–Crippen LogP) is 2.80. The molecule has 0 amide bonds. The van der Waals surface area contributed by atoms with Gasteiger partial charge in [0.2, 0.25) is 0 Å². The zero-order valence-corrected chi connectivity index (χ0v) is 12.2. The van der Waals surface area contributed by atoms with Gasteiger partial charge in [0.25, 0.3) is 10.0 Å². The van der Waals surface area contributed by atoms with E-state index in [4.69, 9.17) is 0 Å². The fraction of sp³-hybridized carbons (Fsp3) is 0.0769. The van der Waals surface area contributed by atoms with Crippen molar-refractivity contribution in [2.24, 2.45) is 0 Å². The van der Waals surface area contributed by atoms with Gasteiger partial charge in [0.1, 0.15) is 0 Å². The van der Waals surface area contributed by atoms with Crippen LogP contribution in [0.4, 0.5) is 5.69 Å². The normalized spacial score (nSPS) is 11.7. The highest BCUT2D eigenvalue weighted by Crippen LogP contribution is 2.26. The standard InChI is InChI=1S/C13H11N3O2S2/c1-9-11-3-2-4-13(12(11)5-6-14-9)20(17,18)16-10-7-15-19-8-10/h2-8,16H,1H3. The molecule has 0 atom stereocenters. The maximum Gasteiger partial charge on any atom is 0.262 e. The molecule has 2 aromatic heterocycles. The molecule has 7 heteroatoms. The second-order valence-electron chi connectivity index (χ2n) is 4.27. The Morgan fingerprint density at radius 2 is 2.05 bits per heavy atom. The highest BCUT2D eigenvalue weighted by atomic mass is 32.2. The van der Waals surface area contributed by atoms with Crippen LogP contribution < -0.4 is 4.72 Å². The van der Waals surface area contributed by atoms with E-state index >= 15 is 0 Å². The van der Waals surface area contributed by atoms with E-state index in [0.29, 0.717) is 11.1 Å². The van der Waals surface area contributed by atoms with Crippen molar-refractivity contribution in [3.05, 3.63) is 47.7 Å². The molecule has 20 heavy (non-hydrogen) atoms. The molecule has 2 heterocycles. The predicted molar refractivity (Wildman–Crippen MR) is 79.4 cm³/mol. The number of fused-ring (bicyclic) bond motifs is 1. The van der Waals surface area contributed by atoms with Crippen molar-refractivity contribution in [1.82, 2.24) is 9.36 Å². The van der Waals surface area contributed by atoms with Crippen LogP contribution in [0.25, 0.3) is 10.8 Å². The minimum atomic E-state index is -3.64. The Kier molecular flexibility index (Phi) is 3.15. The van der Waals surface area contributed by atoms with E-state index in [1.165, 1.54) is 17.7 Å². The molecule has 3 rings (SSSR count). The van der Waals surface area contributed by atoms with Gasteiger partial charge in [0, 0.05) is 28.0 Å². The number of aryl methyl sites for hydroxylation is 1. The van der Waals surface area contributed by atoms with Crippen molar-refractivity contribution in [1.29, 1.82) is 0 Å². The average molecular weight is 305 g/mol. The van der Waals surface area contributed by atoms with Crippen molar-refractivity contribution in [3.63, 3.8) is 0 Å². The van der Waals surface area contributed by atoms with Crippen LogP contribution in [0, 0.1) is 6.92 Å². The number of hydrogen-bond acceptors (Lipinski definition) is 5. The van der Waals surface area contributed by atoms with Crippen LogP contribution in [-0.4, -0.2) is 17.8 Å². The van der Waals surface area contributed by atoms with E-state index in [2.05, 4.69) is 14.1 Å². The van der Waals surface area contributed by atoms with Crippen LogP contribution in [0.15, 0.2) is 46.9 Å². The smallest absolute Gasteiger partial charge is 0.262 e. The second kappa shape index (κ2) is 4.84. The number of rotatable bonds is 3. The SMILES string of the molecule is Cc1nccc2c(S(=O)(=O)Nc3cnsc3)cccc12. The molecule has 0 radical (unpaired) electrons. The Bertz CT molecular complexity index is 858. The molecule has 0 spiro atoms. The zero-order valence-electron chi connectivity index (χ0n) is 10.6. The summed E-state index contributed by atoms with van der Waals surface area (Å²) in [5.41, 5.74) is 1.27. The average Bonchev–Trinajstić information content (AvgIpc) is 2.91. The summed E-state index contributed by atoms with van der Waals surface area (Å²) in [5, 5.41) is 3.14. The lowest BCUT2D eigenvalue weighted by atomic mass is 10.1. The maximum atomic E-state index is 12.5. The number of nitrogens with one attached hydrogen (secondary N) is 1. The van der Waals surface area contributed by atoms with Gasteiger partial charge in [0.05, 0.1) is 16.8 Å². The highest BCUT2D eigenvalue weighted by molar-refractivity contribution is 7.93. The number of nitrogens with zero attached hydrogens (tertiary/aromatic N) is 2. The summed E-state index contributed by atoms with van der Waals surface area (Å²) in [4.78, 5) is 4.42. The number of aromatic nitrogens is 2. The van der Waals surface area contributed by atoms with Crippen molar-refractivity contribution in [2.75, 3.05) is 4.72 Å². The third-order valence-electron chi connectivity index (χ3n) is 2.94. The molecule has 3 aromatic rings. The molecule has 0 saturated carbocycles. The zero-order chi connectivity index (χ0) is 14.2. The van der Waals surface area contributed by atoms with E-state index in [9.17, 15) is 8.42 Å². The van der Waals surface area contributed by atoms with Crippen LogP contribution in [-0.2, 0) is 10.0 Å². The van der Waals surface area contributed by atoms with E-state index < -0.39 is 10.0 Å². The quantitative estimate of drug-likeness (QED) is 0.807. The van der Waals surface area contributed by atoms with Gasteiger partial charge in [-0.2, -0.15) is 4.37 Å². The number of benzene rings is 1. The van der Waals surface area contributed by atoms with Gasteiger partial charge in [-0.1, -0.05) is 12.1 Å². The van der Waals surface area contributed by atoms with E-state index in [1.807, 2.05) is 13.0 Å². The van der Waals surface area contributed by atoms with Gasteiger partial charge in [0.15, 0.2) is 0 Å². The summed E-state index contributed by atoms with van der Waals surface area (Å²) in [6.07, 6.45) is 3.10. The monoisotopic (exact) mass is 305 g/mol. The summed E-state index contributed by atoms with van der Waals surface area (Å²) in [6.45, 7) is 1.86. The third-order valence-corrected chi connectivity index (χ3v) is 4.97. The third kappa shape index (κ3) is 2.25. The lowest BCUT2D eigenvalue weighted by Gasteiger charge is -2.09. The second-order valence-corrected chi connectivity index (χ2v) is 6.57. The summed E-state index contributed by atoms with van der Waals surface area (Å²) in [7, 11) is -3.64. The van der Waals surface area contributed by atoms with Crippen molar-refractivity contribution in [2.45, 2.75) is 11.8 Å². The van der Waals surface area contributed by atoms with Crippen LogP contribution in [0.1, 0.15) is 5.69 Å². The first-order chi connectivity index (χ1) is 9.58. The van der Waals surface area contributed by atoms with Crippen molar-refractivity contribution >= 4 is 38.0 Å². The van der Waals surface area contributed by atoms with Crippen LogP contribution in [0.3, 0.4) is 0 Å². The summed E-state index contributed by atoms with van der Waals surface area (Å²) in [5.74, 6) is 0. The van der Waals surface area contributed by atoms with Gasteiger partial charge in [-0.05, 0) is 30.6 Å². The first-order valence-electron chi connectivity index (χ1n) is 5.84. The molecule has 0 fully saturated rings. The molecule has 5 nitrogen and oxygen atoms in total. The molecule has 1 aromatic carbocycles. The molecule has 0 aliphatic heterocycles. The van der Waals surface area contributed by atoms with Gasteiger partial charge < -0.3 is 0 Å². The largest absolute Gasteiger partial charge is 0.277 e. The lowest BCUT2D eigenvalue weighted by molar-refractivity contribution is 0.602. The van der Waals surface area contributed by atoms with Crippen molar-refractivity contribution < 1.29 is 8.42 Å². The first-order valence-corrected chi connectivity index (χ1v) is 8.16. The summed E-state index contributed by atoms with van der Waals surface area (Å²) >= 11 is 1.19. The Balaban J connectivity index is 2.17. The molecule has 0 saturated heterocycles. The lowest BCUT2D eigenvalue weighted by Crippen LogP contribution is -2.13. The number of sulfonamides is 1. The molecule has 0 aliphatic rings. The van der Waals surface area contributed by atoms with Gasteiger partial charge in [-0.15, -0.1) is 0 Å². The Hall–Kier alpha value is -1.99. The van der Waals surface area contributed by atoms with Crippen LogP contribution in [0.2, 0.25) is 0 Å². The topological polar surface area (TPSA) is 72.0 Å². The van der Waals surface area contributed by atoms with Crippen molar-refractivity contribution in [3.8, 4) is 0 Å². The number of anilines is 1. The molecular formula is C13H11N3O2S2. The number of hydrogen-bond donors (Lipinski definition) is 1. The van der Waals surface area contributed by atoms with Gasteiger partial charge >= 0.3 is 0 Å².